The molecule has 1 aromatic carbocycles. The average Bonchev–Trinajstić information content (AvgIpc) is 2.65. The van der Waals surface area contributed by atoms with Gasteiger partial charge in [0.15, 0.2) is 12.3 Å². The van der Waals surface area contributed by atoms with E-state index in [2.05, 4.69) is 10.3 Å². The monoisotopic (exact) mass is 203 g/mol. The van der Waals surface area contributed by atoms with E-state index in [4.69, 9.17) is 4.52 Å². The molecule has 0 bridgehead atoms. The lowest BCUT2D eigenvalue weighted by Gasteiger charge is -2.07. The van der Waals surface area contributed by atoms with Crippen LogP contribution in [0.1, 0.15) is 5.56 Å². The summed E-state index contributed by atoms with van der Waals surface area (Å²) in [6.07, 6.45) is 1.53. The number of rotatable bonds is 2. The van der Waals surface area contributed by atoms with Gasteiger partial charge < -0.3 is 5.11 Å². The van der Waals surface area contributed by atoms with Crippen molar-refractivity contribution in [1.82, 2.24) is 5.27 Å². The highest BCUT2D eigenvalue weighted by Crippen LogP contribution is 2.07. The van der Waals surface area contributed by atoms with Crippen LogP contribution in [0.4, 0.5) is 5.88 Å². The minimum atomic E-state index is -0.340. The van der Waals surface area contributed by atoms with Gasteiger partial charge in [-0.3, -0.25) is 4.52 Å². The predicted molar refractivity (Wildman–Crippen MR) is 50.3 cm³/mol. The molecule has 0 aliphatic carbocycles. The molecular formula is C10H9N3O2. The van der Waals surface area contributed by atoms with Crippen molar-refractivity contribution in [2.75, 3.05) is 0 Å². The smallest absolute Gasteiger partial charge is 0.320 e. The lowest BCUT2D eigenvalue weighted by Crippen LogP contribution is -2.27. The molecule has 5 nitrogen and oxygen atoms in total. The van der Waals surface area contributed by atoms with Gasteiger partial charge in [-0.25, -0.2) is 4.99 Å². The third kappa shape index (κ3) is 2.19. The molecule has 1 aromatic heterocycles. The third-order valence-electron chi connectivity index (χ3n) is 1.79. The summed E-state index contributed by atoms with van der Waals surface area (Å²) in [7, 11) is 1.69. The zero-order chi connectivity index (χ0) is 10.7. The molecular weight excluding hydrogens is 194 g/mol. The van der Waals surface area contributed by atoms with E-state index in [0.717, 1.165) is 0 Å². The highest BCUT2D eigenvalue weighted by Gasteiger charge is 2.03. The van der Waals surface area contributed by atoms with E-state index in [9.17, 15) is 5.11 Å². The molecule has 2 rings (SSSR count). The molecule has 0 atom stereocenters. The van der Waals surface area contributed by atoms with Gasteiger partial charge in [0, 0.05) is 0 Å². The molecule has 0 amide bonds. The van der Waals surface area contributed by atoms with E-state index < -0.39 is 0 Å². The van der Waals surface area contributed by atoms with Gasteiger partial charge in [0.1, 0.15) is 0 Å². The first-order valence-corrected chi connectivity index (χ1v) is 4.39. The number of aromatic nitrogens is 2. The van der Waals surface area contributed by atoms with Gasteiger partial charge in [-0.05, 0) is 11.5 Å². The van der Waals surface area contributed by atoms with E-state index in [1.807, 2.05) is 6.07 Å². The van der Waals surface area contributed by atoms with Crippen molar-refractivity contribution in [3.63, 3.8) is 0 Å². The first kappa shape index (κ1) is 9.39. The van der Waals surface area contributed by atoms with Crippen LogP contribution < -0.4 is 9.79 Å². The summed E-state index contributed by atoms with van der Waals surface area (Å²) in [5.41, 5.74) is 0.525. The fraction of sp³-hybridized carbons (Fsp3) is 0.100. The molecule has 0 aliphatic heterocycles. The number of aliphatic imine (C=N–C) groups is 1. The maximum atomic E-state index is 11.6. The molecule has 0 radical (unpaired) electrons. The standard InChI is InChI=1S/C10H9N3O2/c1-13-7-9(15-12-13)11-10(14)8-5-3-2-4-6-8/h2-7H,1H3. The maximum Gasteiger partial charge on any atom is 0.320 e. The van der Waals surface area contributed by atoms with Crippen LogP contribution in [0.2, 0.25) is 0 Å². The predicted octanol–water partition coefficient (Wildman–Crippen LogP) is -0.0623. The number of aryl methyl sites for hydroxylation is 1. The Morgan fingerprint density at radius 3 is 2.73 bits per heavy atom. The summed E-state index contributed by atoms with van der Waals surface area (Å²) in [6.45, 7) is 0. The molecule has 0 unspecified atom stereocenters. The van der Waals surface area contributed by atoms with Crippen molar-refractivity contribution >= 4 is 11.8 Å². The molecule has 76 valence electrons. The summed E-state index contributed by atoms with van der Waals surface area (Å²) in [5.74, 6) is -0.140. The first-order chi connectivity index (χ1) is 7.25. The van der Waals surface area contributed by atoms with Gasteiger partial charge in [-0.2, -0.15) is 0 Å². The van der Waals surface area contributed by atoms with Crippen molar-refractivity contribution in [3.8, 4) is 0 Å². The second-order valence-electron chi connectivity index (χ2n) is 3.00. The summed E-state index contributed by atoms with van der Waals surface area (Å²) < 4.78 is 6.22. The minimum Gasteiger partial charge on any atom is -0.858 e. The lowest BCUT2D eigenvalue weighted by atomic mass is 10.2. The summed E-state index contributed by atoms with van der Waals surface area (Å²) in [5, 5.41) is 15.1. The molecule has 0 aliphatic rings. The number of nitrogens with zero attached hydrogens (tertiary/aromatic N) is 3. The second kappa shape index (κ2) is 3.91. The van der Waals surface area contributed by atoms with Gasteiger partial charge in [0.2, 0.25) is 0 Å². The Morgan fingerprint density at radius 1 is 1.40 bits per heavy atom. The second-order valence-corrected chi connectivity index (χ2v) is 3.00. The van der Waals surface area contributed by atoms with Crippen LogP contribution in [0.25, 0.3) is 0 Å². The van der Waals surface area contributed by atoms with Crippen LogP contribution in [-0.4, -0.2) is 11.2 Å². The van der Waals surface area contributed by atoms with E-state index in [1.54, 1.807) is 31.3 Å². The SMILES string of the molecule is C[n+]1cc(/N=C(\[O-])c2ccccc2)on1. The van der Waals surface area contributed by atoms with Crippen molar-refractivity contribution in [1.29, 1.82) is 0 Å². The van der Waals surface area contributed by atoms with Crippen LogP contribution in [0.15, 0.2) is 46.0 Å². The van der Waals surface area contributed by atoms with Gasteiger partial charge in [-0.15, -0.1) is 0 Å². The lowest BCUT2D eigenvalue weighted by molar-refractivity contribution is -0.739. The Morgan fingerprint density at radius 2 is 2.13 bits per heavy atom. The molecule has 5 heteroatoms. The fourth-order valence-electron chi connectivity index (χ4n) is 1.11. The van der Waals surface area contributed by atoms with Gasteiger partial charge >= 0.3 is 5.88 Å². The number of benzene rings is 1. The van der Waals surface area contributed by atoms with Crippen molar-refractivity contribution < 1.29 is 14.3 Å². The van der Waals surface area contributed by atoms with E-state index >= 15 is 0 Å². The van der Waals surface area contributed by atoms with E-state index in [-0.39, 0.29) is 11.8 Å². The van der Waals surface area contributed by atoms with Crippen molar-refractivity contribution in [3.05, 3.63) is 42.1 Å². The third-order valence-corrected chi connectivity index (χ3v) is 1.79. The van der Waals surface area contributed by atoms with Crippen LogP contribution in [-0.2, 0) is 7.05 Å². The Hall–Kier alpha value is -2.17. The van der Waals surface area contributed by atoms with E-state index in [0.29, 0.717) is 5.56 Å². The summed E-state index contributed by atoms with van der Waals surface area (Å²) in [6, 6.07) is 8.79. The number of hydrogen-bond donors (Lipinski definition) is 0. The molecule has 0 spiro atoms. The van der Waals surface area contributed by atoms with Crippen LogP contribution in [0.3, 0.4) is 0 Å². The Balaban J connectivity index is 2.28. The largest absolute Gasteiger partial charge is 0.858 e. The Kier molecular flexibility index (Phi) is 2.45. The van der Waals surface area contributed by atoms with Crippen molar-refractivity contribution in [2.45, 2.75) is 0 Å². The molecule has 0 fully saturated rings. The van der Waals surface area contributed by atoms with Gasteiger partial charge in [0.25, 0.3) is 6.20 Å². The molecule has 0 saturated carbocycles. The van der Waals surface area contributed by atoms with Gasteiger partial charge in [0.05, 0.1) is 0 Å². The van der Waals surface area contributed by atoms with Gasteiger partial charge in [-0.1, -0.05) is 35.0 Å². The minimum absolute atomic E-state index is 0.200. The molecule has 2 aromatic rings. The molecule has 0 N–H and O–H groups in total. The highest BCUT2D eigenvalue weighted by atomic mass is 16.5. The Bertz CT molecular complexity index is 476. The zero-order valence-electron chi connectivity index (χ0n) is 8.12. The van der Waals surface area contributed by atoms with Crippen LogP contribution in [0.5, 0.6) is 0 Å². The quantitative estimate of drug-likeness (QED) is 0.390. The van der Waals surface area contributed by atoms with Crippen LogP contribution in [0, 0.1) is 0 Å². The molecule has 15 heavy (non-hydrogen) atoms. The molecule has 1 heterocycles. The average molecular weight is 203 g/mol. The van der Waals surface area contributed by atoms with Crippen LogP contribution >= 0.6 is 0 Å². The van der Waals surface area contributed by atoms with Crippen molar-refractivity contribution in [2.24, 2.45) is 12.0 Å². The normalized spacial score (nSPS) is 11.7. The Labute approximate surface area is 86.3 Å². The summed E-state index contributed by atoms with van der Waals surface area (Å²) >= 11 is 0. The van der Waals surface area contributed by atoms with E-state index in [1.165, 1.54) is 10.9 Å². The first-order valence-electron chi connectivity index (χ1n) is 4.39. The molecule has 0 saturated heterocycles. The maximum absolute atomic E-state index is 11.6. The zero-order valence-corrected chi connectivity index (χ0v) is 8.12. The topological polar surface area (TPSA) is 65.3 Å². The highest BCUT2D eigenvalue weighted by molar-refractivity contribution is 5.91. The summed E-state index contributed by atoms with van der Waals surface area (Å²) in [4.78, 5) is 3.76. The number of hydrogen-bond acceptors (Lipinski definition) is 4. The fourth-order valence-corrected chi connectivity index (χ4v) is 1.11.